The monoisotopic (exact) mass is 1410 g/mol. The second kappa shape index (κ2) is 70.1. The van der Waals surface area contributed by atoms with Gasteiger partial charge in [-0.3, -0.25) is 37.3 Å². The first kappa shape index (κ1) is 94.1. The lowest BCUT2D eigenvalue weighted by Crippen LogP contribution is -2.30. The first-order valence-electron chi connectivity index (χ1n) is 40.1. The average Bonchev–Trinajstić information content (AvgIpc) is 2.20. The van der Waals surface area contributed by atoms with E-state index >= 15 is 0 Å². The van der Waals surface area contributed by atoms with Crippen molar-refractivity contribution in [3.8, 4) is 0 Å². The van der Waals surface area contributed by atoms with Crippen molar-refractivity contribution < 1.29 is 80.2 Å². The molecule has 0 bridgehead atoms. The first-order chi connectivity index (χ1) is 46.5. The van der Waals surface area contributed by atoms with Crippen molar-refractivity contribution in [3.05, 3.63) is 0 Å². The zero-order chi connectivity index (χ0) is 70.5. The molecule has 570 valence electrons. The molecule has 2 unspecified atom stereocenters. The van der Waals surface area contributed by atoms with E-state index in [-0.39, 0.29) is 25.7 Å². The number of hydrogen-bond donors (Lipinski definition) is 3. The Balaban J connectivity index is 5.19. The number of esters is 4. The Bertz CT molecular complexity index is 1840. The van der Waals surface area contributed by atoms with Gasteiger partial charge in [0.2, 0.25) is 0 Å². The molecule has 0 rings (SSSR count). The molecule has 3 N–H and O–H groups in total. The summed E-state index contributed by atoms with van der Waals surface area (Å²) < 4.78 is 68.5. The Morgan fingerprint density at radius 2 is 0.479 bits per heavy atom. The van der Waals surface area contributed by atoms with Crippen molar-refractivity contribution in [3.63, 3.8) is 0 Å². The van der Waals surface area contributed by atoms with Gasteiger partial charge in [0.15, 0.2) is 12.2 Å². The number of phosphoric ester groups is 2. The van der Waals surface area contributed by atoms with Gasteiger partial charge in [0, 0.05) is 25.7 Å². The number of phosphoric acid groups is 2. The Morgan fingerprint density at radius 1 is 0.281 bits per heavy atom. The van der Waals surface area contributed by atoms with Gasteiger partial charge in [0.1, 0.15) is 19.3 Å². The van der Waals surface area contributed by atoms with Crippen LogP contribution in [-0.2, 0) is 65.4 Å². The number of unbranched alkanes of at least 4 members (excludes halogenated alkanes) is 49. The minimum atomic E-state index is -4.96. The van der Waals surface area contributed by atoms with Crippen LogP contribution >= 0.6 is 15.6 Å². The predicted octanol–water partition coefficient (Wildman–Crippen LogP) is 22.9. The lowest BCUT2D eigenvalue weighted by molar-refractivity contribution is -0.161. The van der Waals surface area contributed by atoms with E-state index < -0.39 is 97.5 Å². The van der Waals surface area contributed by atoms with E-state index in [1.807, 2.05) is 0 Å². The highest BCUT2D eigenvalue weighted by Crippen LogP contribution is 2.45. The number of rotatable bonds is 77. The summed E-state index contributed by atoms with van der Waals surface area (Å²) in [5.41, 5.74) is 0. The predicted molar refractivity (Wildman–Crippen MR) is 391 cm³/mol. The van der Waals surface area contributed by atoms with Crippen molar-refractivity contribution in [2.24, 2.45) is 5.92 Å². The minimum Gasteiger partial charge on any atom is -0.462 e. The lowest BCUT2D eigenvalue weighted by Gasteiger charge is -2.21. The summed E-state index contributed by atoms with van der Waals surface area (Å²) in [5, 5.41) is 10.6. The molecular formula is C77H150O17P2. The maximum atomic E-state index is 13.1. The fourth-order valence-corrected chi connectivity index (χ4v) is 13.5. The molecule has 0 fully saturated rings. The Labute approximate surface area is 588 Å². The molecule has 0 aromatic carbocycles. The van der Waals surface area contributed by atoms with Gasteiger partial charge in [-0.15, -0.1) is 0 Å². The molecule has 96 heavy (non-hydrogen) atoms. The highest BCUT2D eigenvalue weighted by atomic mass is 31.2. The fourth-order valence-electron chi connectivity index (χ4n) is 11.9. The third-order valence-electron chi connectivity index (χ3n) is 18.0. The smallest absolute Gasteiger partial charge is 0.462 e. The molecule has 19 heteroatoms. The lowest BCUT2D eigenvalue weighted by atomic mass is 10.0. The van der Waals surface area contributed by atoms with E-state index in [9.17, 15) is 43.2 Å². The van der Waals surface area contributed by atoms with Crippen LogP contribution in [0.15, 0.2) is 0 Å². The van der Waals surface area contributed by atoms with Crippen LogP contribution in [0.5, 0.6) is 0 Å². The van der Waals surface area contributed by atoms with E-state index in [4.69, 9.17) is 37.0 Å². The van der Waals surface area contributed by atoms with Crippen LogP contribution in [0, 0.1) is 5.92 Å². The Kier molecular flexibility index (Phi) is 68.7. The van der Waals surface area contributed by atoms with Crippen molar-refractivity contribution in [1.29, 1.82) is 0 Å². The zero-order valence-electron chi connectivity index (χ0n) is 62.5. The number of hydrogen-bond acceptors (Lipinski definition) is 15. The van der Waals surface area contributed by atoms with E-state index in [1.54, 1.807) is 0 Å². The maximum Gasteiger partial charge on any atom is 0.472 e. The maximum absolute atomic E-state index is 13.1. The standard InChI is InChI=1S/C77H150O17P2/c1-6-9-12-15-18-21-24-36-41-46-51-56-61-75(80)88-67-73(94-77(82)63-58-53-48-43-38-33-31-29-27-26-28-30-32-35-39-44-49-54-59-70(4)5)69-92-96(85,86)90-65-71(78)64-89-95(83,84)91-68-72(66-87-74(79)60-55-50-45-40-34-23-20-17-14-11-8-3)93-76(81)62-57-52-47-42-37-25-22-19-16-13-10-7-2/h70-73,78H,6-69H2,1-5H3,(H,83,84)(H,85,86)/t71-,72+,73+/m0/s1. The molecule has 0 saturated carbocycles. The summed E-state index contributed by atoms with van der Waals surface area (Å²) >= 11 is 0. The van der Waals surface area contributed by atoms with E-state index in [1.165, 1.54) is 231 Å². The fraction of sp³-hybridized carbons (Fsp3) is 0.948. The summed E-state index contributed by atoms with van der Waals surface area (Å²) in [6.07, 6.45) is 59.5. The topological polar surface area (TPSA) is 237 Å². The normalized spacial score (nSPS) is 13.9. The zero-order valence-corrected chi connectivity index (χ0v) is 64.3. The molecule has 0 aliphatic carbocycles. The van der Waals surface area contributed by atoms with Crippen LogP contribution in [0.4, 0.5) is 0 Å². The third kappa shape index (κ3) is 70.5. The quantitative estimate of drug-likeness (QED) is 0.0222. The van der Waals surface area contributed by atoms with Crippen LogP contribution in [-0.4, -0.2) is 96.7 Å². The summed E-state index contributed by atoms with van der Waals surface area (Å²) in [6.45, 7) is 7.33. The van der Waals surface area contributed by atoms with Crippen LogP contribution in [0.3, 0.4) is 0 Å². The van der Waals surface area contributed by atoms with Gasteiger partial charge in [-0.25, -0.2) is 9.13 Å². The number of carbonyl (C=O) groups is 4. The number of carbonyl (C=O) groups excluding carboxylic acids is 4. The Hall–Kier alpha value is -1.94. The van der Waals surface area contributed by atoms with Gasteiger partial charge in [0.05, 0.1) is 26.4 Å². The van der Waals surface area contributed by atoms with Crippen LogP contribution in [0.1, 0.15) is 407 Å². The molecule has 5 atom stereocenters. The van der Waals surface area contributed by atoms with Gasteiger partial charge in [-0.2, -0.15) is 0 Å². The summed E-state index contributed by atoms with van der Waals surface area (Å²) in [7, 11) is -9.91. The third-order valence-corrected chi connectivity index (χ3v) is 19.9. The minimum absolute atomic E-state index is 0.108. The van der Waals surface area contributed by atoms with Gasteiger partial charge in [-0.1, -0.05) is 356 Å². The summed E-state index contributed by atoms with van der Waals surface area (Å²) in [5.74, 6) is -1.29. The second-order valence-electron chi connectivity index (χ2n) is 28.2. The molecule has 0 aliphatic heterocycles. The number of aliphatic hydroxyl groups excluding tert-OH is 1. The van der Waals surface area contributed by atoms with E-state index in [0.29, 0.717) is 25.7 Å². The van der Waals surface area contributed by atoms with Gasteiger partial charge >= 0.3 is 39.5 Å². The molecule has 0 amide bonds. The molecule has 17 nitrogen and oxygen atoms in total. The van der Waals surface area contributed by atoms with Crippen molar-refractivity contribution in [1.82, 2.24) is 0 Å². The van der Waals surface area contributed by atoms with Crippen LogP contribution in [0.25, 0.3) is 0 Å². The van der Waals surface area contributed by atoms with Crippen LogP contribution < -0.4 is 0 Å². The molecular weight excluding hydrogens is 1260 g/mol. The van der Waals surface area contributed by atoms with Gasteiger partial charge in [0.25, 0.3) is 0 Å². The molecule has 0 aromatic rings. The molecule has 0 spiro atoms. The first-order valence-corrected chi connectivity index (χ1v) is 43.1. The molecule has 0 saturated heterocycles. The summed E-state index contributed by atoms with van der Waals surface area (Å²) in [4.78, 5) is 72.8. The van der Waals surface area contributed by atoms with Crippen molar-refractivity contribution in [2.75, 3.05) is 39.6 Å². The molecule has 0 heterocycles. The van der Waals surface area contributed by atoms with Gasteiger partial charge in [-0.05, 0) is 31.6 Å². The Morgan fingerprint density at radius 3 is 0.708 bits per heavy atom. The highest BCUT2D eigenvalue weighted by Gasteiger charge is 2.30. The van der Waals surface area contributed by atoms with Gasteiger partial charge < -0.3 is 33.8 Å². The molecule has 0 radical (unpaired) electrons. The highest BCUT2D eigenvalue weighted by molar-refractivity contribution is 7.47. The van der Waals surface area contributed by atoms with Crippen molar-refractivity contribution in [2.45, 2.75) is 425 Å². The molecule has 0 aliphatic rings. The SMILES string of the molecule is CCCCCCCCCCCCCCC(=O)OC[C@H](COP(=O)(O)OC[C@@H](O)COP(=O)(O)OC[C@@H](COC(=O)CCCCCCCCCCCCC)OC(=O)CCCCCCCCCCCCCC)OC(=O)CCCCCCCCCCCCCCCCCCCCC(C)C. The van der Waals surface area contributed by atoms with E-state index in [0.717, 1.165) is 95.8 Å². The second-order valence-corrected chi connectivity index (χ2v) is 31.1. The van der Waals surface area contributed by atoms with Crippen LogP contribution in [0.2, 0.25) is 0 Å². The average molecular weight is 1410 g/mol. The van der Waals surface area contributed by atoms with E-state index in [2.05, 4.69) is 34.6 Å². The van der Waals surface area contributed by atoms with Crippen molar-refractivity contribution >= 4 is 39.5 Å². The molecule has 0 aromatic heterocycles. The number of ether oxygens (including phenoxy) is 4. The summed E-state index contributed by atoms with van der Waals surface area (Å²) in [6, 6.07) is 0. The largest absolute Gasteiger partial charge is 0.472 e. The number of aliphatic hydroxyl groups is 1.